The van der Waals surface area contributed by atoms with Crippen LogP contribution in [0.2, 0.25) is 5.02 Å². The summed E-state index contributed by atoms with van der Waals surface area (Å²) in [5.74, 6) is -2.16. The van der Waals surface area contributed by atoms with Gasteiger partial charge in [0.15, 0.2) is 17.3 Å². The number of fused-ring (bicyclic) bond motifs is 1. The van der Waals surface area contributed by atoms with Crippen LogP contribution in [0.25, 0.3) is 0 Å². The van der Waals surface area contributed by atoms with Gasteiger partial charge in [0.2, 0.25) is 0 Å². The van der Waals surface area contributed by atoms with Crippen molar-refractivity contribution in [1.82, 2.24) is 0 Å². The van der Waals surface area contributed by atoms with E-state index in [9.17, 15) is 19.8 Å². The Hall–Kier alpha value is -2.79. The van der Waals surface area contributed by atoms with Crippen LogP contribution >= 0.6 is 11.6 Å². The zero-order chi connectivity index (χ0) is 15.9. The molecule has 0 heterocycles. The predicted molar refractivity (Wildman–Crippen MR) is 82.3 cm³/mol. The maximum Gasteiger partial charge on any atom is 0.190 e. The molecule has 0 fully saturated rings. The second kappa shape index (κ2) is 5.20. The summed E-state index contributed by atoms with van der Waals surface area (Å²) >= 11 is 6.04. The minimum absolute atomic E-state index is 0.0273. The van der Waals surface area contributed by atoms with E-state index in [4.69, 9.17) is 11.6 Å². The van der Waals surface area contributed by atoms with Crippen LogP contribution in [0.4, 0.5) is 11.4 Å². The number of aromatic hydroxyl groups is 2. The van der Waals surface area contributed by atoms with Crippen molar-refractivity contribution in [1.29, 1.82) is 0 Å². The second-order valence-corrected chi connectivity index (χ2v) is 5.07. The summed E-state index contributed by atoms with van der Waals surface area (Å²) in [6.07, 6.45) is 2.08. The lowest BCUT2D eigenvalue weighted by molar-refractivity contribution is 0.0989. The van der Waals surface area contributed by atoms with Gasteiger partial charge in [0, 0.05) is 5.69 Å². The SMILES string of the molecule is O=C1C=CC(=O)c2c(O)c(Nc3ccccc3)c(Cl)c(O)c21. The van der Waals surface area contributed by atoms with Gasteiger partial charge in [0.05, 0.1) is 11.1 Å². The fraction of sp³-hybridized carbons (Fsp3) is 0. The number of ketones is 2. The largest absolute Gasteiger partial charge is 0.505 e. The summed E-state index contributed by atoms with van der Waals surface area (Å²) in [4.78, 5) is 23.8. The third-order valence-corrected chi connectivity index (χ3v) is 3.68. The number of rotatable bonds is 2. The number of benzene rings is 2. The van der Waals surface area contributed by atoms with Crippen molar-refractivity contribution in [2.24, 2.45) is 0 Å². The summed E-state index contributed by atoms with van der Waals surface area (Å²) < 4.78 is 0. The Labute approximate surface area is 130 Å². The highest BCUT2D eigenvalue weighted by molar-refractivity contribution is 6.38. The van der Waals surface area contributed by atoms with Gasteiger partial charge < -0.3 is 15.5 Å². The quantitative estimate of drug-likeness (QED) is 0.584. The van der Waals surface area contributed by atoms with Crippen molar-refractivity contribution >= 4 is 34.5 Å². The van der Waals surface area contributed by atoms with Crippen LogP contribution < -0.4 is 5.32 Å². The van der Waals surface area contributed by atoms with Gasteiger partial charge in [0.25, 0.3) is 0 Å². The molecule has 0 amide bonds. The fourth-order valence-electron chi connectivity index (χ4n) is 2.27. The topological polar surface area (TPSA) is 86.6 Å². The number of anilines is 2. The van der Waals surface area contributed by atoms with Crippen LogP contribution in [0.5, 0.6) is 11.5 Å². The van der Waals surface area contributed by atoms with Crippen molar-refractivity contribution in [3.8, 4) is 11.5 Å². The summed E-state index contributed by atoms with van der Waals surface area (Å²) in [6, 6.07) is 8.79. The van der Waals surface area contributed by atoms with E-state index >= 15 is 0 Å². The molecule has 22 heavy (non-hydrogen) atoms. The van der Waals surface area contributed by atoms with Crippen LogP contribution in [0.3, 0.4) is 0 Å². The molecule has 1 aliphatic carbocycles. The first-order valence-electron chi connectivity index (χ1n) is 6.37. The molecule has 0 spiro atoms. The molecule has 6 heteroatoms. The monoisotopic (exact) mass is 315 g/mol. The first kappa shape index (κ1) is 14.2. The zero-order valence-corrected chi connectivity index (χ0v) is 11.9. The number of hydrogen-bond acceptors (Lipinski definition) is 5. The average molecular weight is 316 g/mol. The molecule has 0 unspecified atom stereocenters. The van der Waals surface area contributed by atoms with E-state index in [0.29, 0.717) is 5.69 Å². The molecule has 0 bridgehead atoms. The number of phenolic OH excluding ortho intramolecular Hbond substituents is 2. The van der Waals surface area contributed by atoms with Crippen molar-refractivity contribution in [2.45, 2.75) is 0 Å². The molecule has 3 N–H and O–H groups in total. The lowest BCUT2D eigenvalue weighted by Gasteiger charge is -2.18. The minimum atomic E-state index is -0.587. The fourth-order valence-corrected chi connectivity index (χ4v) is 2.50. The molecule has 3 rings (SSSR count). The van der Waals surface area contributed by atoms with Gasteiger partial charge in [-0.2, -0.15) is 0 Å². The summed E-state index contributed by atoms with van der Waals surface area (Å²) in [6.45, 7) is 0. The third-order valence-electron chi connectivity index (χ3n) is 3.31. The average Bonchev–Trinajstić information content (AvgIpc) is 2.52. The number of nitrogens with one attached hydrogen (secondary N) is 1. The van der Waals surface area contributed by atoms with E-state index in [2.05, 4.69) is 5.32 Å². The molecule has 0 saturated heterocycles. The molecule has 2 aromatic carbocycles. The Morgan fingerprint density at radius 2 is 1.41 bits per heavy atom. The Morgan fingerprint density at radius 1 is 0.864 bits per heavy atom. The maximum atomic E-state index is 11.9. The van der Waals surface area contributed by atoms with E-state index in [1.807, 2.05) is 6.07 Å². The van der Waals surface area contributed by atoms with Crippen molar-refractivity contribution in [2.75, 3.05) is 5.32 Å². The Bertz CT molecular complexity index is 828. The Balaban J connectivity index is 2.22. The van der Waals surface area contributed by atoms with E-state index in [-0.39, 0.29) is 21.8 Å². The van der Waals surface area contributed by atoms with Crippen LogP contribution in [0.15, 0.2) is 42.5 Å². The number of allylic oxidation sites excluding steroid dienone is 2. The Morgan fingerprint density at radius 3 is 2.00 bits per heavy atom. The van der Waals surface area contributed by atoms with Gasteiger partial charge in [-0.1, -0.05) is 29.8 Å². The van der Waals surface area contributed by atoms with Gasteiger partial charge in [-0.25, -0.2) is 0 Å². The van der Waals surface area contributed by atoms with Crippen LogP contribution in [-0.4, -0.2) is 21.8 Å². The van der Waals surface area contributed by atoms with Crippen molar-refractivity contribution in [3.05, 3.63) is 58.6 Å². The molecular weight excluding hydrogens is 306 g/mol. The molecule has 5 nitrogen and oxygen atoms in total. The van der Waals surface area contributed by atoms with Crippen LogP contribution in [0, 0.1) is 0 Å². The van der Waals surface area contributed by atoms with Crippen LogP contribution in [-0.2, 0) is 0 Å². The number of hydrogen-bond donors (Lipinski definition) is 3. The lowest BCUT2D eigenvalue weighted by atomic mass is 9.92. The van der Waals surface area contributed by atoms with Crippen LogP contribution in [0.1, 0.15) is 20.7 Å². The number of halogens is 1. The highest BCUT2D eigenvalue weighted by Gasteiger charge is 2.31. The summed E-state index contributed by atoms with van der Waals surface area (Å²) in [5.41, 5.74) is 0.0335. The standard InChI is InChI=1S/C16H10ClNO4/c17-13-14(18-8-4-2-1-3-5-8)16(22)12-10(20)7-6-9(19)11(12)15(13)21/h1-7,18,21-22H. The van der Waals surface area contributed by atoms with E-state index in [1.54, 1.807) is 24.3 Å². The number of carbonyl (C=O) groups excluding carboxylic acids is 2. The Kier molecular flexibility index (Phi) is 3.35. The predicted octanol–water partition coefficient (Wildman–Crippen LogP) is 3.43. The van der Waals surface area contributed by atoms with Gasteiger partial charge in [-0.3, -0.25) is 9.59 Å². The minimum Gasteiger partial charge on any atom is -0.505 e. The second-order valence-electron chi connectivity index (χ2n) is 4.69. The number of para-hydroxylation sites is 1. The smallest absolute Gasteiger partial charge is 0.190 e. The molecule has 0 atom stereocenters. The first-order valence-corrected chi connectivity index (χ1v) is 6.74. The van der Waals surface area contributed by atoms with Gasteiger partial charge >= 0.3 is 0 Å². The third kappa shape index (κ3) is 2.12. The molecule has 110 valence electrons. The van der Waals surface area contributed by atoms with E-state index < -0.39 is 23.1 Å². The zero-order valence-electron chi connectivity index (χ0n) is 11.1. The molecular formula is C16H10ClNO4. The highest BCUT2D eigenvalue weighted by Crippen LogP contribution is 2.47. The molecule has 1 aliphatic rings. The molecule has 0 radical (unpaired) electrons. The van der Waals surface area contributed by atoms with E-state index in [0.717, 1.165) is 12.2 Å². The highest BCUT2D eigenvalue weighted by atomic mass is 35.5. The van der Waals surface area contributed by atoms with Gasteiger partial charge in [-0.05, 0) is 24.3 Å². The van der Waals surface area contributed by atoms with E-state index in [1.165, 1.54) is 0 Å². The number of phenols is 2. The summed E-state index contributed by atoms with van der Waals surface area (Å²) in [5, 5.41) is 23.1. The summed E-state index contributed by atoms with van der Waals surface area (Å²) in [7, 11) is 0. The molecule has 0 aromatic heterocycles. The van der Waals surface area contributed by atoms with Gasteiger partial charge in [0.1, 0.15) is 16.5 Å². The first-order chi connectivity index (χ1) is 10.5. The maximum absolute atomic E-state index is 11.9. The lowest BCUT2D eigenvalue weighted by Crippen LogP contribution is -2.13. The molecule has 2 aromatic rings. The normalized spacial score (nSPS) is 13.1. The van der Waals surface area contributed by atoms with Gasteiger partial charge in [-0.15, -0.1) is 0 Å². The van der Waals surface area contributed by atoms with Crippen molar-refractivity contribution < 1.29 is 19.8 Å². The number of carbonyl (C=O) groups is 2. The molecule has 0 aliphatic heterocycles. The molecule has 0 saturated carbocycles. The van der Waals surface area contributed by atoms with Crippen molar-refractivity contribution in [3.63, 3.8) is 0 Å².